The first-order valence-corrected chi connectivity index (χ1v) is 13.5. The third-order valence-electron chi connectivity index (χ3n) is 6.37. The van der Waals surface area contributed by atoms with Crippen molar-refractivity contribution in [3.8, 4) is 0 Å². The lowest BCUT2D eigenvalue weighted by atomic mass is 9.88. The van der Waals surface area contributed by atoms with E-state index < -0.39 is 45.4 Å². The van der Waals surface area contributed by atoms with Gasteiger partial charge in [-0.25, -0.2) is 0 Å². The first-order chi connectivity index (χ1) is 14.2. The second-order valence-electron chi connectivity index (χ2n) is 8.70. The van der Waals surface area contributed by atoms with Crippen molar-refractivity contribution in [3.63, 3.8) is 0 Å². The largest absolute Gasteiger partial charge is 0.460 e. The van der Waals surface area contributed by atoms with Crippen LogP contribution in [0.2, 0.25) is 0 Å². The minimum absolute atomic E-state index is 0.154. The molecule has 2 aliphatic heterocycles. The molecule has 2 heterocycles. The van der Waals surface area contributed by atoms with Crippen molar-refractivity contribution in [2.45, 2.75) is 57.7 Å². The fourth-order valence-corrected chi connectivity index (χ4v) is 6.47. The lowest BCUT2D eigenvalue weighted by Crippen LogP contribution is -2.49. The summed E-state index contributed by atoms with van der Waals surface area (Å²) in [7, 11) is -3.84. The van der Waals surface area contributed by atoms with Crippen molar-refractivity contribution in [2.24, 2.45) is 11.8 Å². The van der Waals surface area contributed by atoms with E-state index in [-0.39, 0.29) is 18.9 Å². The van der Waals surface area contributed by atoms with Gasteiger partial charge in [-0.2, -0.15) is 20.2 Å². The van der Waals surface area contributed by atoms with Crippen LogP contribution in [0.25, 0.3) is 0 Å². The van der Waals surface area contributed by atoms with Crippen LogP contribution in [-0.4, -0.2) is 80.5 Å². The standard InChI is InChI=1S/C20H33NO7S2/c1-15(2)20(6-3-4-7-20)28-19(23)16-13-26-30(24,25)14-17(16)27-18(22)5-8-21-9-11-29-12-10-21/h15-17H,3-14H2,1-2H3. The van der Waals surface area contributed by atoms with E-state index in [9.17, 15) is 18.0 Å². The van der Waals surface area contributed by atoms with Gasteiger partial charge < -0.3 is 14.4 Å². The quantitative estimate of drug-likeness (QED) is 0.413. The Morgan fingerprint density at radius 1 is 1.20 bits per heavy atom. The summed E-state index contributed by atoms with van der Waals surface area (Å²) in [4.78, 5) is 27.6. The third-order valence-corrected chi connectivity index (χ3v) is 8.55. The smallest absolute Gasteiger partial charge is 0.315 e. The second-order valence-corrected chi connectivity index (χ2v) is 11.6. The van der Waals surface area contributed by atoms with Crippen LogP contribution >= 0.6 is 11.8 Å². The molecule has 0 N–H and O–H groups in total. The molecule has 2 unspecified atom stereocenters. The summed E-state index contributed by atoms with van der Waals surface area (Å²) in [6.45, 7) is 6.12. The van der Waals surface area contributed by atoms with Gasteiger partial charge in [0, 0.05) is 31.1 Å². The van der Waals surface area contributed by atoms with Crippen LogP contribution in [0, 0.1) is 11.8 Å². The van der Waals surface area contributed by atoms with E-state index in [4.69, 9.17) is 13.7 Å². The van der Waals surface area contributed by atoms with Crippen LogP contribution < -0.4 is 0 Å². The molecule has 30 heavy (non-hydrogen) atoms. The average molecular weight is 464 g/mol. The third kappa shape index (κ3) is 6.11. The Morgan fingerprint density at radius 2 is 1.87 bits per heavy atom. The summed E-state index contributed by atoms with van der Waals surface area (Å²) < 4.78 is 40.2. The fraction of sp³-hybridized carbons (Fsp3) is 0.900. The molecule has 3 rings (SSSR count). The monoisotopic (exact) mass is 463 g/mol. The van der Waals surface area contributed by atoms with Gasteiger partial charge in [0.25, 0.3) is 10.1 Å². The number of esters is 2. The number of hydrogen-bond acceptors (Lipinski definition) is 9. The van der Waals surface area contributed by atoms with E-state index >= 15 is 0 Å². The van der Waals surface area contributed by atoms with Crippen molar-refractivity contribution in [2.75, 3.05) is 43.5 Å². The molecule has 3 fully saturated rings. The van der Waals surface area contributed by atoms with E-state index in [2.05, 4.69) is 4.90 Å². The molecule has 0 aromatic carbocycles. The maximum absolute atomic E-state index is 13.0. The average Bonchev–Trinajstić information content (AvgIpc) is 3.16. The highest BCUT2D eigenvalue weighted by Crippen LogP contribution is 2.40. The Morgan fingerprint density at radius 3 is 2.50 bits per heavy atom. The number of rotatable bonds is 7. The topological polar surface area (TPSA) is 99.2 Å². The number of carbonyl (C=O) groups excluding carboxylic acids is 2. The van der Waals surface area contributed by atoms with E-state index in [0.29, 0.717) is 6.54 Å². The molecule has 2 saturated heterocycles. The number of carbonyl (C=O) groups is 2. The van der Waals surface area contributed by atoms with Crippen LogP contribution in [0.4, 0.5) is 0 Å². The van der Waals surface area contributed by atoms with E-state index in [1.165, 1.54) is 0 Å². The minimum atomic E-state index is -3.84. The number of thioether (sulfide) groups is 1. The van der Waals surface area contributed by atoms with Gasteiger partial charge in [-0.05, 0) is 31.6 Å². The van der Waals surface area contributed by atoms with Gasteiger partial charge >= 0.3 is 11.9 Å². The molecule has 3 aliphatic rings. The second kappa shape index (κ2) is 10.2. The van der Waals surface area contributed by atoms with Gasteiger partial charge in [0.1, 0.15) is 23.4 Å². The van der Waals surface area contributed by atoms with Crippen molar-refractivity contribution >= 4 is 33.8 Å². The van der Waals surface area contributed by atoms with Gasteiger partial charge in [0.05, 0.1) is 13.0 Å². The highest BCUT2D eigenvalue weighted by atomic mass is 32.2. The van der Waals surface area contributed by atoms with Crippen molar-refractivity contribution in [3.05, 3.63) is 0 Å². The molecule has 0 bridgehead atoms. The fourth-order valence-electron chi connectivity index (χ4n) is 4.33. The van der Waals surface area contributed by atoms with Crippen LogP contribution in [-0.2, 0) is 33.4 Å². The molecule has 172 valence electrons. The molecule has 0 aromatic heterocycles. The van der Waals surface area contributed by atoms with Crippen molar-refractivity contribution in [1.29, 1.82) is 0 Å². The highest BCUT2D eigenvalue weighted by Gasteiger charge is 2.47. The number of ether oxygens (including phenoxy) is 2. The van der Waals surface area contributed by atoms with E-state index in [0.717, 1.165) is 50.3 Å². The molecular weight excluding hydrogens is 430 g/mol. The van der Waals surface area contributed by atoms with Crippen molar-refractivity contribution in [1.82, 2.24) is 4.90 Å². The molecular formula is C20H33NO7S2. The highest BCUT2D eigenvalue weighted by molar-refractivity contribution is 7.99. The Labute approximate surface area is 183 Å². The maximum atomic E-state index is 13.0. The lowest BCUT2D eigenvalue weighted by molar-refractivity contribution is -0.178. The van der Waals surface area contributed by atoms with Gasteiger partial charge in [-0.3, -0.25) is 13.8 Å². The summed E-state index contributed by atoms with van der Waals surface area (Å²) in [6.07, 6.45) is 2.66. The molecule has 1 aliphatic carbocycles. The number of hydrogen-bond donors (Lipinski definition) is 0. The normalized spacial score (nSPS) is 28.9. The predicted molar refractivity (Wildman–Crippen MR) is 114 cm³/mol. The predicted octanol–water partition coefficient (Wildman–Crippen LogP) is 1.83. The lowest BCUT2D eigenvalue weighted by Gasteiger charge is -2.36. The zero-order chi connectivity index (χ0) is 21.8. The van der Waals surface area contributed by atoms with Gasteiger partial charge in [-0.15, -0.1) is 0 Å². The van der Waals surface area contributed by atoms with Crippen LogP contribution in [0.3, 0.4) is 0 Å². The summed E-state index contributed by atoms with van der Waals surface area (Å²) in [5.41, 5.74) is -0.533. The molecule has 8 nitrogen and oxygen atoms in total. The van der Waals surface area contributed by atoms with Gasteiger partial charge in [0.15, 0.2) is 0 Å². The Hall–Kier alpha value is -0.840. The SMILES string of the molecule is CC(C)C1(OC(=O)C2COS(=O)(=O)CC2OC(=O)CCN2CCSCC2)CCCC1. The van der Waals surface area contributed by atoms with E-state index in [1.54, 1.807) is 0 Å². The molecule has 0 radical (unpaired) electrons. The van der Waals surface area contributed by atoms with Crippen LogP contribution in [0.1, 0.15) is 46.0 Å². The summed E-state index contributed by atoms with van der Waals surface area (Å²) in [5.74, 6) is -0.245. The summed E-state index contributed by atoms with van der Waals surface area (Å²) in [5, 5.41) is 0. The van der Waals surface area contributed by atoms with Crippen LogP contribution in [0.15, 0.2) is 0 Å². The zero-order valence-electron chi connectivity index (χ0n) is 17.8. The molecule has 0 amide bonds. The van der Waals surface area contributed by atoms with Crippen molar-refractivity contribution < 1.29 is 31.7 Å². The molecule has 1 saturated carbocycles. The van der Waals surface area contributed by atoms with Gasteiger partial charge in [0.2, 0.25) is 0 Å². The Bertz CT molecular complexity index is 713. The first-order valence-electron chi connectivity index (χ1n) is 10.8. The number of nitrogens with zero attached hydrogens (tertiary/aromatic N) is 1. The molecule has 0 spiro atoms. The molecule has 0 aromatic rings. The first kappa shape index (κ1) is 23.8. The summed E-state index contributed by atoms with van der Waals surface area (Å²) >= 11 is 1.89. The minimum Gasteiger partial charge on any atom is -0.460 e. The maximum Gasteiger partial charge on any atom is 0.315 e. The molecule has 10 heteroatoms. The van der Waals surface area contributed by atoms with Crippen LogP contribution in [0.5, 0.6) is 0 Å². The molecule has 2 atom stereocenters. The Balaban J connectivity index is 1.61. The Kier molecular flexibility index (Phi) is 8.09. The van der Waals surface area contributed by atoms with E-state index in [1.807, 2.05) is 25.6 Å². The van der Waals surface area contributed by atoms with Gasteiger partial charge in [-0.1, -0.05) is 13.8 Å². The summed E-state index contributed by atoms with van der Waals surface area (Å²) in [6, 6.07) is 0. The zero-order valence-corrected chi connectivity index (χ0v) is 19.5.